The van der Waals surface area contributed by atoms with Crippen molar-refractivity contribution >= 4 is 11.6 Å². The van der Waals surface area contributed by atoms with Gasteiger partial charge in [-0.25, -0.2) is 0 Å². The van der Waals surface area contributed by atoms with Crippen molar-refractivity contribution < 1.29 is 14.3 Å². The highest BCUT2D eigenvalue weighted by atomic mass is 16.5. The van der Waals surface area contributed by atoms with Crippen LogP contribution in [0.3, 0.4) is 0 Å². The van der Waals surface area contributed by atoms with Crippen LogP contribution >= 0.6 is 0 Å². The number of methoxy groups -OCH3 is 1. The normalized spacial score (nSPS) is 22.6. The van der Waals surface area contributed by atoms with Gasteiger partial charge in [-0.05, 0) is 34.9 Å². The predicted molar refractivity (Wildman–Crippen MR) is 83.0 cm³/mol. The lowest BCUT2D eigenvalue weighted by atomic mass is 9.82. The Morgan fingerprint density at radius 2 is 2.00 bits per heavy atom. The van der Waals surface area contributed by atoms with Gasteiger partial charge in [0.25, 0.3) is 5.91 Å². The molecule has 0 aliphatic carbocycles. The third-order valence-electron chi connectivity index (χ3n) is 4.66. The predicted octanol–water partition coefficient (Wildman–Crippen LogP) is 2.64. The van der Waals surface area contributed by atoms with Crippen LogP contribution in [0.4, 0.5) is 5.69 Å². The smallest absolute Gasteiger partial charge is 0.264 e. The molecular formula is C18H17NO3. The Bertz CT molecular complexity index is 771. The molecule has 0 radical (unpaired) electrons. The Kier molecular flexibility index (Phi) is 2.78. The van der Waals surface area contributed by atoms with E-state index in [0.29, 0.717) is 13.0 Å². The molecule has 4 heteroatoms. The van der Waals surface area contributed by atoms with Crippen LogP contribution in [0.15, 0.2) is 42.5 Å². The summed E-state index contributed by atoms with van der Waals surface area (Å²) in [5.41, 5.74) is 3.18. The number of para-hydroxylation sites is 1. The molecule has 112 valence electrons. The Hall–Kier alpha value is -2.33. The molecule has 0 N–H and O–H groups in total. The molecule has 0 fully saturated rings. The molecule has 0 aromatic heterocycles. The summed E-state index contributed by atoms with van der Waals surface area (Å²) >= 11 is 0. The number of likely N-dealkylation sites (N-methyl/N-ethyl adjacent to an activating group) is 1. The van der Waals surface area contributed by atoms with E-state index in [1.165, 1.54) is 0 Å². The monoisotopic (exact) mass is 295 g/mol. The number of carbonyl (C=O) groups excluding carboxylic acids is 1. The SMILES string of the molecule is COc1ccc2c(c1)COC21Cc2ccccc2N(C)C1=O. The lowest BCUT2D eigenvalue weighted by Crippen LogP contribution is -2.50. The van der Waals surface area contributed by atoms with Gasteiger partial charge < -0.3 is 14.4 Å². The summed E-state index contributed by atoms with van der Waals surface area (Å²) in [7, 11) is 3.45. The number of nitrogens with zero attached hydrogens (tertiary/aromatic N) is 1. The molecule has 2 heterocycles. The fourth-order valence-electron chi connectivity index (χ4n) is 3.52. The molecule has 1 amide bonds. The number of benzene rings is 2. The minimum atomic E-state index is -0.898. The molecule has 2 aromatic carbocycles. The highest BCUT2D eigenvalue weighted by Crippen LogP contribution is 2.46. The van der Waals surface area contributed by atoms with E-state index >= 15 is 0 Å². The largest absolute Gasteiger partial charge is 0.497 e. The van der Waals surface area contributed by atoms with E-state index in [-0.39, 0.29) is 5.91 Å². The highest BCUT2D eigenvalue weighted by Gasteiger charge is 2.51. The van der Waals surface area contributed by atoms with Crippen LogP contribution in [0.25, 0.3) is 0 Å². The molecule has 1 spiro atoms. The highest BCUT2D eigenvalue weighted by molar-refractivity contribution is 6.03. The average molecular weight is 295 g/mol. The van der Waals surface area contributed by atoms with Crippen LogP contribution < -0.4 is 9.64 Å². The number of carbonyl (C=O) groups is 1. The van der Waals surface area contributed by atoms with Crippen molar-refractivity contribution in [1.29, 1.82) is 0 Å². The zero-order chi connectivity index (χ0) is 15.3. The fourth-order valence-corrected chi connectivity index (χ4v) is 3.52. The van der Waals surface area contributed by atoms with Crippen molar-refractivity contribution in [1.82, 2.24) is 0 Å². The second kappa shape index (κ2) is 4.58. The Balaban J connectivity index is 1.86. The van der Waals surface area contributed by atoms with E-state index in [4.69, 9.17) is 9.47 Å². The molecule has 0 saturated heterocycles. The van der Waals surface area contributed by atoms with Crippen molar-refractivity contribution in [2.75, 3.05) is 19.1 Å². The summed E-state index contributed by atoms with van der Waals surface area (Å²) in [6.07, 6.45) is 0.575. The molecule has 0 saturated carbocycles. The zero-order valence-corrected chi connectivity index (χ0v) is 12.6. The summed E-state index contributed by atoms with van der Waals surface area (Å²) < 4.78 is 11.3. The maximum Gasteiger partial charge on any atom is 0.264 e. The number of amides is 1. The van der Waals surface area contributed by atoms with Gasteiger partial charge in [0.05, 0.1) is 13.7 Å². The van der Waals surface area contributed by atoms with E-state index in [1.807, 2.05) is 43.4 Å². The van der Waals surface area contributed by atoms with Gasteiger partial charge in [0, 0.05) is 19.2 Å². The van der Waals surface area contributed by atoms with Crippen molar-refractivity contribution in [3.8, 4) is 5.75 Å². The van der Waals surface area contributed by atoms with Gasteiger partial charge in [0.2, 0.25) is 0 Å². The van der Waals surface area contributed by atoms with Gasteiger partial charge in [-0.15, -0.1) is 0 Å². The lowest BCUT2D eigenvalue weighted by molar-refractivity contribution is -0.144. The number of anilines is 1. The van der Waals surface area contributed by atoms with E-state index in [1.54, 1.807) is 12.0 Å². The Morgan fingerprint density at radius 1 is 1.18 bits per heavy atom. The van der Waals surface area contributed by atoms with Crippen LogP contribution in [0.1, 0.15) is 16.7 Å². The Morgan fingerprint density at radius 3 is 2.82 bits per heavy atom. The molecule has 4 nitrogen and oxygen atoms in total. The number of ether oxygens (including phenoxy) is 2. The number of hydrogen-bond donors (Lipinski definition) is 0. The van der Waals surface area contributed by atoms with Gasteiger partial charge >= 0.3 is 0 Å². The minimum Gasteiger partial charge on any atom is -0.497 e. The second-order valence-electron chi connectivity index (χ2n) is 5.81. The number of rotatable bonds is 1. The lowest BCUT2D eigenvalue weighted by Gasteiger charge is -2.38. The van der Waals surface area contributed by atoms with Crippen LogP contribution in [-0.4, -0.2) is 20.1 Å². The molecule has 4 rings (SSSR count). The molecule has 2 aliphatic rings. The summed E-state index contributed by atoms with van der Waals surface area (Å²) in [4.78, 5) is 14.7. The van der Waals surface area contributed by atoms with Crippen molar-refractivity contribution in [3.63, 3.8) is 0 Å². The Labute approximate surface area is 129 Å². The van der Waals surface area contributed by atoms with Crippen molar-refractivity contribution in [2.24, 2.45) is 0 Å². The van der Waals surface area contributed by atoms with Crippen molar-refractivity contribution in [3.05, 3.63) is 59.2 Å². The van der Waals surface area contributed by atoms with Gasteiger partial charge in [-0.3, -0.25) is 4.79 Å². The average Bonchev–Trinajstić information content (AvgIpc) is 2.91. The van der Waals surface area contributed by atoms with E-state index in [2.05, 4.69) is 6.07 Å². The number of hydrogen-bond acceptors (Lipinski definition) is 3. The van der Waals surface area contributed by atoms with E-state index in [9.17, 15) is 4.79 Å². The third-order valence-corrected chi connectivity index (χ3v) is 4.66. The third kappa shape index (κ3) is 1.64. The van der Waals surface area contributed by atoms with Gasteiger partial charge in [-0.1, -0.05) is 24.3 Å². The molecule has 22 heavy (non-hydrogen) atoms. The van der Waals surface area contributed by atoms with Crippen LogP contribution in [-0.2, 0) is 28.2 Å². The first-order chi connectivity index (χ1) is 10.7. The van der Waals surface area contributed by atoms with Crippen molar-refractivity contribution in [2.45, 2.75) is 18.6 Å². The van der Waals surface area contributed by atoms with E-state index < -0.39 is 5.60 Å². The maximum atomic E-state index is 13.0. The molecule has 1 atom stereocenters. The quantitative estimate of drug-likeness (QED) is 0.812. The standard InChI is InChI=1S/C18H17NO3/c1-19-16-6-4-3-5-12(16)10-18(17(19)20)15-8-7-14(21-2)9-13(15)11-22-18/h3-9H,10-11H2,1-2H3. The van der Waals surface area contributed by atoms with Gasteiger partial charge in [0.15, 0.2) is 5.60 Å². The second-order valence-corrected chi connectivity index (χ2v) is 5.81. The topological polar surface area (TPSA) is 38.8 Å². The zero-order valence-electron chi connectivity index (χ0n) is 12.6. The van der Waals surface area contributed by atoms with Gasteiger partial charge in [-0.2, -0.15) is 0 Å². The summed E-state index contributed by atoms with van der Waals surface area (Å²) in [6.45, 7) is 0.439. The minimum absolute atomic E-state index is 0.00452. The first kappa shape index (κ1) is 13.3. The molecule has 2 aromatic rings. The molecule has 0 bridgehead atoms. The van der Waals surface area contributed by atoms with E-state index in [0.717, 1.165) is 28.1 Å². The number of fused-ring (bicyclic) bond motifs is 3. The first-order valence-corrected chi connectivity index (χ1v) is 7.33. The maximum absolute atomic E-state index is 13.0. The van der Waals surface area contributed by atoms with Crippen LogP contribution in [0.2, 0.25) is 0 Å². The molecular weight excluding hydrogens is 278 g/mol. The van der Waals surface area contributed by atoms with Crippen LogP contribution in [0, 0.1) is 0 Å². The first-order valence-electron chi connectivity index (χ1n) is 7.33. The molecule has 1 unspecified atom stereocenters. The summed E-state index contributed by atoms with van der Waals surface area (Å²) in [5.74, 6) is 0.784. The summed E-state index contributed by atoms with van der Waals surface area (Å²) in [6, 6.07) is 13.8. The van der Waals surface area contributed by atoms with Crippen LogP contribution in [0.5, 0.6) is 5.75 Å². The summed E-state index contributed by atoms with van der Waals surface area (Å²) in [5, 5.41) is 0. The molecule has 2 aliphatic heterocycles. The fraction of sp³-hybridized carbons (Fsp3) is 0.278. The van der Waals surface area contributed by atoms with Gasteiger partial charge in [0.1, 0.15) is 5.75 Å².